The summed E-state index contributed by atoms with van der Waals surface area (Å²) in [7, 11) is 0. The van der Waals surface area contributed by atoms with Gasteiger partial charge in [-0.25, -0.2) is 0 Å². The highest BCUT2D eigenvalue weighted by Gasteiger charge is 1.97. The first-order valence-corrected chi connectivity index (χ1v) is 5.78. The van der Waals surface area contributed by atoms with E-state index >= 15 is 0 Å². The summed E-state index contributed by atoms with van der Waals surface area (Å²) in [6.07, 6.45) is 3.55. The Hall–Kier alpha value is -2.54. The van der Waals surface area contributed by atoms with Gasteiger partial charge in [-0.3, -0.25) is 4.98 Å². The number of nitriles is 1. The summed E-state index contributed by atoms with van der Waals surface area (Å²) >= 11 is 0. The van der Waals surface area contributed by atoms with Gasteiger partial charge in [0.15, 0.2) is 0 Å². The predicted molar refractivity (Wildman–Crippen MR) is 72.8 cm³/mol. The Kier molecular flexibility index (Phi) is 3.77. The fourth-order valence-electron chi connectivity index (χ4n) is 1.60. The van der Waals surface area contributed by atoms with E-state index in [4.69, 9.17) is 5.26 Å². The second kappa shape index (κ2) is 5.69. The molecule has 0 atom stereocenters. The van der Waals surface area contributed by atoms with Gasteiger partial charge in [-0.15, -0.1) is 0 Å². The first kappa shape index (κ1) is 11.9. The Morgan fingerprint density at radius 2 is 1.83 bits per heavy atom. The summed E-state index contributed by atoms with van der Waals surface area (Å²) in [6.45, 7) is 2.91. The van der Waals surface area contributed by atoms with Crippen molar-refractivity contribution in [2.24, 2.45) is 0 Å². The van der Waals surface area contributed by atoms with Crippen LogP contribution in [0.4, 0.5) is 17.1 Å². The van der Waals surface area contributed by atoms with Gasteiger partial charge < -0.3 is 10.6 Å². The molecule has 0 saturated carbocycles. The van der Waals surface area contributed by atoms with Crippen molar-refractivity contribution in [2.75, 3.05) is 17.2 Å². The second-order valence-electron chi connectivity index (χ2n) is 3.81. The van der Waals surface area contributed by atoms with E-state index in [0.29, 0.717) is 5.56 Å². The van der Waals surface area contributed by atoms with Crippen LogP contribution in [0.5, 0.6) is 0 Å². The lowest BCUT2D eigenvalue weighted by molar-refractivity contribution is 1.19. The molecule has 0 bridgehead atoms. The molecule has 1 aromatic carbocycles. The first-order valence-electron chi connectivity index (χ1n) is 5.78. The van der Waals surface area contributed by atoms with Gasteiger partial charge in [-0.1, -0.05) is 0 Å². The minimum absolute atomic E-state index is 0.653. The molecular formula is C14H14N4. The summed E-state index contributed by atoms with van der Waals surface area (Å²) in [5.74, 6) is 0. The molecule has 0 fully saturated rings. The van der Waals surface area contributed by atoms with Crippen LogP contribution in [-0.2, 0) is 0 Å². The van der Waals surface area contributed by atoms with Crippen molar-refractivity contribution in [3.63, 3.8) is 0 Å². The number of pyridine rings is 1. The summed E-state index contributed by atoms with van der Waals surface area (Å²) in [5.41, 5.74) is 3.49. The fourth-order valence-corrected chi connectivity index (χ4v) is 1.60. The van der Waals surface area contributed by atoms with Crippen LogP contribution in [0.25, 0.3) is 0 Å². The predicted octanol–water partition coefficient (Wildman–Crippen LogP) is 3.13. The molecule has 0 aliphatic carbocycles. The molecule has 1 aromatic heterocycles. The normalized spacial score (nSPS) is 9.56. The third-order valence-corrected chi connectivity index (χ3v) is 2.42. The van der Waals surface area contributed by atoms with Crippen molar-refractivity contribution in [1.82, 2.24) is 4.98 Å². The lowest BCUT2D eigenvalue weighted by Gasteiger charge is -2.08. The highest BCUT2D eigenvalue weighted by Crippen LogP contribution is 2.18. The highest BCUT2D eigenvalue weighted by atomic mass is 14.9. The second-order valence-corrected chi connectivity index (χ2v) is 3.81. The van der Waals surface area contributed by atoms with Crippen LogP contribution < -0.4 is 10.6 Å². The number of aromatic nitrogens is 1. The third-order valence-electron chi connectivity index (χ3n) is 2.42. The van der Waals surface area contributed by atoms with Crippen LogP contribution in [0.2, 0.25) is 0 Å². The lowest BCUT2D eigenvalue weighted by Crippen LogP contribution is -1.98. The van der Waals surface area contributed by atoms with Crippen molar-refractivity contribution >= 4 is 17.1 Å². The van der Waals surface area contributed by atoms with Gasteiger partial charge in [0, 0.05) is 12.2 Å². The zero-order valence-electron chi connectivity index (χ0n) is 10.1. The Morgan fingerprint density at radius 1 is 1.11 bits per heavy atom. The van der Waals surface area contributed by atoms with E-state index < -0.39 is 0 Å². The quantitative estimate of drug-likeness (QED) is 0.859. The largest absolute Gasteiger partial charge is 0.384 e. The number of hydrogen-bond donors (Lipinski definition) is 2. The highest BCUT2D eigenvalue weighted by molar-refractivity contribution is 5.63. The van der Waals surface area contributed by atoms with E-state index in [2.05, 4.69) is 21.7 Å². The maximum atomic E-state index is 8.72. The first-order chi connectivity index (χ1) is 8.81. The van der Waals surface area contributed by atoms with Crippen molar-refractivity contribution in [1.29, 1.82) is 5.26 Å². The van der Waals surface area contributed by atoms with E-state index in [-0.39, 0.29) is 0 Å². The standard InChI is InChI=1S/C14H14N4/c1-2-17-13-7-14(10-16-9-13)18-12-5-3-11(8-15)4-6-12/h3-7,9-10,17-18H,2H2,1H3. The maximum absolute atomic E-state index is 8.72. The molecule has 4 nitrogen and oxygen atoms in total. The zero-order valence-corrected chi connectivity index (χ0v) is 10.1. The molecule has 1 heterocycles. The molecule has 4 heteroatoms. The average Bonchev–Trinajstić information content (AvgIpc) is 2.40. The van der Waals surface area contributed by atoms with Crippen LogP contribution >= 0.6 is 0 Å². The summed E-state index contributed by atoms with van der Waals surface area (Å²) < 4.78 is 0. The Bertz CT molecular complexity index is 555. The Balaban J connectivity index is 2.12. The Labute approximate surface area is 106 Å². The van der Waals surface area contributed by atoms with Crippen molar-refractivity contribution in [2.45, 2.75) is 6.92 Å². The van der Waals surface area contributed by atoms with Gasteiger partial charge in [0.1, 0.15) is 0 Å². The lowest BCUT2D eigenvalue weighted by atomic mass is 10.2. The van der Waals surface area contributed by atoms with Gasteiger partial charge in [-0.05, 0) is 37.3 Å². The van der Waals surface area contributed by atoms with Crippen molar-refractivity contribution in [3.05, 3.63) is 48.3 Å². The molecule has 18 heavy (non-hydrogen) atoms. The van der Waals surface area contributed by atoms with Crippen molar-refractivity contribution in [3.8, 4) is 6.07 Å². The van der Waals surface area contributed by atoms with Crippen LogP contribution in [0.1, 0.15) is 12.5 Å². The van der Waals surface area contributed by atoms with Gasteiger partial charge in [-0.2, -0.15) is 5.26 Å². The average molecular weight is 238 g/mol. The molecule has 90 valence electrons. The molecular weight excluding hydrogens is 224 g/mol. The minimum Gasteiger partial charge on any atom is -0.384 e. The van der Waals surface area contributed by atoms with E-state index in [1.54, 1.807) is 24.5 Å². The van der Waals surface area contributed by atoms with E-state index in [1.165, 1.54) is 0 Å². The third kappa shape index (κ3) is 2.98. The summed E-state index contributed by atoms with van der Waals surface area (Å²) in [5, 5.41) is 15.2. The van der Waals surface area contributed by atoms with Gasteiger partial charge in [0.05, 0.1) is 35.4 Å². The topological polar surface area (TPSA) is 60.7 Å². The molecule has 0 unspecified atom stereocenters. The van der Waals surface area contributed by atoms with E-state index in [9.17, 15) is 0 Å². The minimum atomic E-state index is 0.653. The molecule has 2 N–H and O–H groups in total. The summed E-state index contributed by atoms with van der Waals surface area (Å²) in [4.78, 5) is 4.16. The molecule has 0 saturated heterocycles. The smallest absolute Gasteiger partial charge is 0.0991 e. The molecule has 0 spiro atoms. The number of hydrogen-bond acceptors (Lipinski definition) is 4. The number of nitrogens with zero attached hydrogens (tertiary/aromatic N) is 2. The van der Waals surface area contributed by atoms with Crippen LogP contribution in [-0.4, -0.2) is 11.5 Å². The number of nitrogens with one attached hydrogen (secondary N) is 2. The van der Waals surface area contributed by atoms with Crippen molar-refractivity contribution < 1.29 is 0 Å². The van der Waals surface area contributed by atoms with Crippen LogP contribution in [0, 0.1) is 11.3 Å². The van der Waals surface area contributed by atoms with Gasteiger partial charge in [0.2, 0.25) is 0 Å². The van der Waals surface area contributed by atoms with E-state index in [1.807, 2.05) is 25.1 Å². The fraction of sp³-hybridized carbons (Fsp3) is 0.143. The van der Waals surface area contributed by atoms with Gasteiger partial charge >= 0.3 is 0 Å². The molecule has 0 aliphatic rings. The molecule has 2 aromatic rings. The van der Waals surface area contributed by atoms with Gasteiger partial charge in [0.25, 0.3) is 0 Å². The SMILES string of the molecule is CCNc1cncc(Nc2ccc(C#N)cc2)c1. The summed E-state index contributed by atoms with van der Waals surface area (Å²) in [6, 6.07) is 11.4. The molecule has 0 radical (unpaired) electrons. The monoisotopic (exact) mass is 238 g/mol. The molecule has 0 aliphatic heterocycles. The number of rotatable bonds is 4. The zero-order chi connectivity index (χ0) is 12.8. The van der Waals surface area contributed by atoms with E-state index in [0.717, 1.165) is 23.6 Å². The maximum Gasteiger partial charge on any atom is 0.0991 e. The molecule has 2 rings (SSSR count). The number of anilines is 3. The Morgan fingerprint density at radius 3 is 2.50 bits per heavy atom. The number of benzene rings is 1. The van der Waals surface area contributed by atoms with Crippen LogP contribution in [0.3, 0.4) is 0 Å². The van der Waals surface area contributed by atoms with Crippen LogP contribution in [0.15, 0.2) is 42.7 Å². The molecule has 0 amide bonds.